The highest BCUT2D eigenvalue weighted by atomic mass is 16.4. The highest BCUT2D eigenvalue weighted by Gasteiger charge is 2.69. The number of ketones is 1. The van der Waals surface area contributed by atoms with E-state index in [9.17, 15) is 19.5 Å². The molecule has 1 aliphatic heterocycles. The zero-order valence-electron chi connectivity index (χ0n) is 35.0. The van der Waals surface area contributed by atoms with E-state index in [1.54, 1.807) is 5.57 Å². The molecule has 8 rings (SSSR count). The molecule has 0 aromatic rings. The third-order valence-electron chi connectivity index (χ3n) is 18.2. The van der Waals surface area contributed by atoms with Gasteiger partial charge in [-0.2, -0.15) is 0 Å². The molecule has 0 spiro atoms. The van der Waals surface area contributed by atoms with Gasteiger partial charge in [-0.3, -0.25) is 19.3 Å². The number of allylic oxidation sites excluding steroid dienone is 6. The van der Waals surface area contributed by atoms with Crippen molar-refractivity contribution in [2.45, 2.75) is 151 Å². The fourth-order valence-electron chi connectivity index (χ4n) is 15.0. The minimum Gasteiger partial charge on any atom is -0.481 e. The van der Waals surface area contributed by atoms with E-state index in [1.807, 2.05) is 0 Å². The molecule has 6 unspecified atom stereocenters. The minimum atomic E-state index is -0.651. The Morgan fingerprint density at radius 2 is 1.65 bits per heavy atom. The summed E-state index contributed by atoms with van der Waals surface area (Å²) in [5, 5.41) is 9.65. The number of fused-ring (bicyclic) bond motifs is 7. The molecule has 298 valence electrons. The number of likely N-dealkylation sites (tertiary alicyclic amines) is 1. The topological polar surface area (TPSA) is 77.9 Å². The third-order valence-corrected chi connectivity index (χ3v) is 18.2. The van der Waals surface area contributed by atoms with Crippen LogP contribution in [0.3, 0.4) is 0 Å². The van der Waals surface area contributed by atoms with Gasteiger partial charge in [0.15, 0.2) is 5.78 Å². The van der Waals surface area contributed by atoms with Crippen LogP contribution in [-0.2, 0) is 14.4 Å². The lowest BCUT2D eigenvalue weighted by molar-refractivity contribution is -0.199. The molecule has 7 aliphatic carbocycles. The largest absolute Gasteiger partial charge is 0.481 e. The Kier molecular flexibility index (Phi) is 9.82. The number of rotatable bonds is 10. The van der Waals surface area contributed by atoms with Crippen LogP contribution < -0.4 is 0 Å². The van der Waals surface area contributed by atoms with Crippen molar-refractivity contribution in [3.63, 3.8) is 0 Å². The number of Topliss-reactive ketones (excluding diaryl/α,β-unsaturated/α-hetero) is 1. The smallest absolute Gasteiger partial charge is 0.306 e. The van der Waals surface area contributed by atoms with Crippen molar-refractivity contribution in [1.82, 2.24) is 9.80 Å². The normalized spacial score (nSPS) is 40.4. The van der Waals surface area contributed by atoms with Crippen molar-refractivity contribution in [3.8, 4) is 0 Å². The van der Waals surface area contributed by atoms with Gasteiger partial charge in [0.1, 0.15) is 0 Å². The minimum absolute atomic E-state index is 0.0550. The summed E-state index contributed by atoms with van der Waals surface area (Å²) in [5.74, 6) is 2.39. The van der Waals surface area contributed by atoms with Crippen molar-refractivity contribution in [3.05, 3.63) is 34.4 Å². The van der Waals surface area contributed by atoms with E-state index in [4.69, 9.17) is 0 Å². The number of amides is 1. The molecular weight excluding hydrogens is 669 g/mol. The predicted molar refractivity (Wildman–Crippen MR) is 216 cm³/mol. The average molecular weight is 741 g/mol. The third kappa shape index (κ3) is 6.07. The molecule has 0 bridgehead atoms. The van der Waals surface area contributed by atoms with Gasteiger partial charge in [-0.15, -0.1) is 0 Å². The maximum Gasteiger partial charge on any atom is 0.306 e. The van der Waals surface area contributed by atoms with E-state index in [-0.39, 0.29) is 38.9 Å². The number of aliphatic carboxylic acids is 1. The maximum atomic E-state index is 14.3. The Labute approximate surface area is 327 Å². The molecular formula is C48H72N2O4. The lowest BCUT2D eigenvalue weighted by Gasteiger charge is -2.71. The second kappa shape index (κ2) is 13.7. The summed E-state index contributed by atoms with van der Waals surface area (Å²) in [6.07, 6.45) is 21.9. The molecule has 0 aromatic carbocycles. The van der Waals surface area contributed by atoms with Crippen LogP contribution in [0.4, 0.5) is 0 Å². The van der Waals surface area contributed by atoms with E-state index < -0.39 is 5.97 Å². The van der Waals surface area contributed by atoms with Crippen molar-refractivity contribution >= 4 is 17.7 Å². The SMILES string of the molecule is CC(C)C1=C2C3CCC4C5(C)CC=C(C6=CCC(C(=O)O)CC6)C(C)(C)C5CCC4(C)[C@]3(C)CC[C@@]2(CCN(CC2CC2)C(=O)CN2CCCC2)CC1=O. The summed E-state index contributed by atoms with van der Waals surface area (Å²) in [7, 11) is 0. The molecule has 54 heavy (non-hydrogen) atoms. The first-order chi connectivity index (χ1) is 25.5. The standard InChI is InChI=1S/C48H72N2O4/c1-31(2)41-37(51)28-48(24-27-50(29-32-10-11-32)40(52)30-49-25-8-9-26-49)23-22-46(6)36(42(41)48)16-17-39-45(5)20-18-35(33-12-14-34(15-13-33)43(53)54)44(3,4)38(45)19-21-47(39,46)7/h12,18,31-32,34,36,38-39H,8-11,13-17,19-30H2,1-7H3,(H,53,54)/t34?,36?,38?,39?,45?,46-,47?,48-/m1/s1. The van der Waals surface area contributed by atoms with Crippen molar-refractivity contribution in [2.24, 2.45) is 62.6 Å². The van der Waals surface area contributed by atoms with E-state index in [2.05, 4.69) is 70.4 Å². The summed E-state index contributed by atoms with van der Waals surface area (Å²) in [6.45, 7) is 21.9. The molecule has 8 aliphatic rings. The van der Waals surface area contributed by atoms with Crippen LogP contribution in [0.25, 0.3) is 0 Å². The van der Waals surface area contributed by atoms with Gasteiger partial charge in [-0.1, -0.05) is 66.2 Å². The van der Waals surface area contributed by atoms with Gasteiger partial charge in [0, 0.05) is 24.9 Å². The van der Waals surface area contributed by atoms with Crippen molar-refractivity contribution in [2.75, 3.05) is 32.7 Å². The predicted octanol–water partition coefficient (Wildman–Crippen LogP) is 10.0. The molecule has 0 aromatic heterocycles. The fraction of sp³-hybridized carbons (Fsp3) is 0.812. The van der Waals surface area contributed by atoms with E-state index in [0.717, 1.165) is 58.3 Å². The Morgan fingerprint density at radius 1 is 0.907 bits per heavy atom. The van der Waals surface area contributed by atoms with Gasteiger partial charge in [0.2, 0.25) is 5.91 Å². The number of hydrogen-bond donors (Lipinski definition) is 1. The molecule has 1 saturated heterocycles. The Balaban J connectivity index is 1.07. The van der Waals surface area contributed by atoms with E-state index in [1.165, 1.54) is 74.5 Å². The number of carboxylic acid groups (broad SMARTS) is 1. The Morgan fingerprint density at radius 3 is 2.30 bits per heavy atom. The molecule has 4 saturated carbocycles. The number of carbonyl (C=O) groups is 3. The number of hydrogen-bond acceptors (Lipinski definition) is 4. The van der Waals surface area contributed by atoms with Crippen LogP contribution in [0, 0.1) is 62.6 Å². The first-order valence-electron chi connectivity index (χ1n) is 22.4. The van der Waals surface area contributed by atoms with Gasteiger partial charge in [-0.05, 0) is 177 Å². The monoisotopic (exact) mass is 741 g/mol. The first-order valence-corrected chi connectivity index (χ1v) is 22.4. The van der Waals surface area contributed by atoms with E-state index in [0.29, 0.717) is 54.7 Å². The van der Waals surface area contributed by atoms with Gasteiger partial charge in [0.05, 0.1) is 12.5 Å². The van der Waals surface area contributed by atoms with Gasteiger partial charge < -0.3 is 10.0 Å². The Hall–Kier alpha value is -2.21. The van der Waals surface area contributed by atoms with Crippen LogP contribution in [0.15, 0.2) is 34.4 Å². The quantitative estimate of drug-likeness (QED) is 0.241. The van der Waals surface area contributed by atoms with Crippen LogP contribution in [0.1, 0.15) is 151 Å². The molecule has 5 fully saturated rings. The number of carboxylic acids is 1. The fourth-order valence-corrected chi connectivity index (χ4v) is 15.0. The van der Waals surface area contributed by atoms with Crippen molar-refractivity contribution < 1.29 is 19.5 Å². The summed E-state index contributed by atoms with van der Waals surface area (Å²) in [5.41, 5.74) is 6.14. The van der Waals surface area contributed by atoms with Crippen molar-refractivity contribution in [1.29, 1.82) is 0 Å². The van der Waals surface area contributed by atoms with E-state index >= 15 is 0 Å². The van der Waals surface area contributed by atoms with Gasteiger partial charge in [-0.25, -0.2) is 0 Å². The van der Waals surface area contributed by atoms with Gasteiger partial charge >= 0.3 is 5.97 Å². The zero-order valence-corrected chi connectivity index (χ0v) is 35.0. The lowest BCUT2D eigenvalue weighted by Crippen LogP contribution is -2.64. The second-order valence-corrected chi connectivity index (χ2v) is 21.6. The second-order valence-electron chi connectivity index (χ2n) is 21.6. The summed E-state index contributed by atoms with van der Waals surface area (Å²) in [6, 6.07) is 0. The zero-order chi connectivity index (χ0) is 38.4. The summed E-state index contributed by atoms with van der Waals surface area (Å²) >= 11 is 0. The number of carbonyl (C=O) groups excluding carboxylic acids is 2. The lowest BCUT2D eigenvalue weighted by atomic mass is 9.33. The molecule has 8 atom stereocenters. The van der Waals surface area contributed by atoms with Gasteiger partial charge in [0.25, 0.3) is 0 Å². The molecule has 6 nitrogen and oxygen atoms in total. The Bertz CT molecular complexity index is 1640. The van der Waals surface area contributed by atoms with Crippen LogP contribution in [0.5, 0.6) is 0 Å². The molecule has 1 N–H and O–H groups in total. The summed E-state index contributed by atoms with van der Waals surface area (Å²) < 4.78 is 0. The highest BCUT2D eigenvalue weighted by molar-refractivity contribution is 6.00. The summed E-state index contributed by atoms with van der Waals surface area (Å²) in [4.78, 5) is 44.4. The molecule has 1 amide bonds. The molecule has 0 radical (unpaired) electrons. The van der Waals surface area contributed by atoms with Crippen LogP contribution in [-0.4, -0.2) is 65.3 Å². The first kappa shape index (κ1) is 38.7. The number of nitrogens with zero attached hydrogens (tertiary/aromatic N) is 2. The molecule has 1 heterocycles. The average Bonchev–Trinajstić information content (AvgIpc) is 3.68. The maximum absolute atomic E-state index is 14.3. The van der Waals surface area contributed by atoms with Crippen LogP contribution >= 0.6 is 0 Å². The highest BCUT2D eigenvalue weighted by Crippen LogP contribution is 2.77. The van der Waals surface area contributed by atoms with Crippen LogP contribution in [0.2, 0.25) is 0 Å². The molecule has 6 heteroatoms.